The summed E-state index contributed by atoms with van der Waals surface area (Å²) in [6.07, 6.45) is 0.958. The summed E-state index contributed by atoms with van der Waals surface area (Å²) >= 11 is 3.46. The molecule has 0 amide bonds. The number of ether oxygens (including phenoxy) is 2. The molecule has 0 N–H and O–H groups in total. The number of rotatable bonds is 9. The van der Waals surface area contributed by atoms with Gasteiger partial charge in [-0.3, -0.25) is 0 Å². The van der Waals surface area contributed by atoms with Crippen molar-refractivity contribution in [2.45, 2.75) is 23.1 Å². The van der Waals surface area contributed by atoms with Crippen LogP contribution in [-0.2, 0) is 6.42 Å². The molecule has 2 nitrogen and oxygen atoms in total. The van der Waals surface area contributed by atoms with Crippen LogP contribution in [-0.4, -0.2) is 11.9 Å². The minimum atomic E-state index is 0.514. The van der Waals surface area contributed by atoms with E-state index in [0.717, 1.165) is 39.5 Å². The topological polar surface area (TPSA) is 18.5 Å². The lowest BCUT2D eigenvalue weighted by atomic mass is 9.98. The molecule has 7 aromatic rings. The Morgan fingerprint density at radius 2 is 0.905 bits per heavy atom. The molecule has 0 aliphatic rings. The first kappa shape index (κ1) is 26.8. The smallest absolute Gasteiger partial charge is 0.138 e. The highest BCUT2D eigenvalue weighted by molar-refractivity contribution is 7.99. The molecule has 0 fully saturated rings. The van der Waals surface area contributed by atoms with Gasteiger partial charge < -0.3 is 9.47 Å². The minimum absolute atomic E-state index is 0.514. The second kappa shape index (κ2) is 12.0. The molecule has 0 saturated carbocycles. The molecule has 206 valence electrons. The number of fused-ring (bicyclic) bond motifs is 4. The molecule has 7 aromatic carbocycles. The summed E-state index contributed by atoms with van der Waals surface area (Å²) in [6, 6.07) is 45.0. The Balaban J connectivity index is 1.23. The zero-order chi connectivity index (χ0) is 28.3. The first-order chi connectivity index (χ1) is 20.8. The normalized spacial score (nSPS) is 11.5. The molecule has 0 unspecified atom stereocenters. The molecular formula is C38H30O2S2. The Labute approximate surface area is 254 Å². The Morgan fingerprint density at radius 1 is 0.452 bits per heavy atom. The van der Waals surface area contributed by atoms with Crippen molar-refractivity contribution in [2.75, 3.05) is 11.9 Å². The summed E-state index contributed by atoms with van der Waals surface area (Å²) in [5.74, 6) is 2.85. The van der Waals surface area contributed by atoms with E-state index < -0.39 is 0 Å². The Kier molecular flexibility index (Phi) is 7.65. The largest absolute Gasteiger partial charge is 0.481 e. The van der Waals surface area contributed by atoms with Crippen molar-refractivity contribution in [3.63, 3.8) is 0 Å². The van der Waals surface area contributed by atoms with Crippen LogP contribution in [0.25, 0.3) is 43.1 Å². The second-order valence-electron chi connectivity index (χ2n) is 10.2. The van der Waals surface area contributed by atoms with Gasteiger partial charge in [-0.15, -0.1) is 0 Å². The van der Waals surface area contributed by atoms with Crippen LogP contribution in [0.3, 0.4) is 0 Å². The third kappa shape index (κ3) is 5.17. The van der Waals surface area contributed by atoms with Gasteiger partial charge in [-0.25, -0.2) is 0 Å². The van der Waals surface area contributed by atoms with Gasteiger partial charge in [0.2, 0.25) is 0 Å². The van der Waals surface area contributed by atoms with Crippen LogP contribution >= 0.6 is 23.5 Å². The standard InChI is InChI=1S/C38H30O2S2/c1-2-26-21-22-33-34(23-26)38(40-25-42-36-20-10-14-28-12-4-6-16-30(28)36)32-18-8-7-17-31(32)37(33)39-24-41-35-19-9-13-27-11-3-5-15-29(27)35/h3-23H,2,24-25H2,1H3. The average molecular weight is 583 g/mol. The van der Waals surface area contributed by atoms with Crippen LogP contribution < -0.4 is 9.47 Å². The number of aryl methyl sites for hydroxylation is 1. The predicted octanol–water partition coefficient (Wildman–Crippen LogP) is 11.1. The number of benzene rings is 7. The molecule has 0 aliphatic carbocycles. The van der Waals surface area contributed by atoms with E-state index in [4.69, 9.17) is 9.47 Å². The maximum absolute atomic E-state index is 6.66. The summed E-state index contributed by atoms with van der Waals surface area (Å²) in [4.78, 5) is 2.45. The maximum atomic E-state index is 6.66. The number of hydrogen-bond acceptors (Lipinski definition) is 4. The van der Waals surface area contributed by atoms with Gasteiger partial charge in [0.05, 0.1) is 0 Å². The van der Waals surface area contributed by atoms with E-state index in [-0.39, 0.29) is 0 Å². The van der Waals surface area contributed by atoms with Gasteiger partial charge in [0.25, 0.3) is 0 Å². The zero-order valence-electron chi connectivity index (χ0n) is 23.4. The highest BCUT2D eigenvalue weighted by Gasteiger charge is 2.17. The van der Waals surface area contributed by atoms with Gasteiger partial charge in [0.15, 0.2) is 0 Å². The van der Waals surface area contributed by atoms with Crippen LogP contribution in [0.5, 0.6) is 11.5 Å². The molecule has 42 heavy (non-hydrogen) atoms. The predicted molar refractivity (Wildman–Crippen MR) is 181 cm³/mol. The van der Waals surface area contributed by atoms with Crippen LogP contribution in [0.15, 0.2) is 137 Å². The molecular weight excluding hydrogens is 553 g/mol. The summed E-state index contributed by atoms with van der Waals surface area (Å²) in [6.45, 7) is 2.19. The average Bonchev–Trinajstić information content (AvgIpc) is 3.05. The van der Waals surface area contributed by atoms with Gasteiger partial charge in [-0.2, -0.15) is 0 Å². The summed E-state index contributed by atoms with van der Waals surface area (Å²) in [5.41, 5.74) is 1.28. The van der Waals surface area contributed by atoms with Gasteiger partial charge in [0.1, 0.15) is 23.4 Å². The summed E-state index contributed by atoms with van der Waals surface area (Å²) in [7, 11) is 0. The maximum Gasteiger partial charge on any atom is 0.138 e. The van der Waals surface area contributed by atoms with E-state index in [9.17, 15) is 0 Å². The second-order valence-corrected chi connectivity index (χ2v) is 12.1. The highest BCUT2D eigenvalue weighted by Crippen LogP contribution is 2.44. The molecule has 0 heterocycles. The van der Waals surface area contributed by atoms with Crippen LogP contribution in [0.2, 0.25) is 0 Å². The molecule has 4 heteroatoms. The zero-order valence-corrected chi connectivity index (χ0v) is 25.0. The lowest BCUT2D eigenvalue weighted by molar-refractivity contribution is 0.395. The van der Waals surface area contributed by atoms with Crippen molar-refractivity contribution in [1.29, 1.82) is 0 Å². The number of thioether (sulfide) groups is 2. The minimum Gasteiger partial charge on any atom is -0.481 e. The van der Waals surface area contributed by atoms with E-state index in [0.29, 0.717) is 11.9 Å². The van der Waals surface area contributed by atoms with Gasteiger partial charge in [0, 0.05) is 31.3 Å². The molecule has 0 saturated heterocycles. The van der Waals surface area contributed by atoms with Crippen LogP contribution in [0.1, 0.15) is 12.5 Å². The first-order valence-electron chi connectivity index (χ1n) is 14.2. The summed E-state index contributed by atoms with van der Waals surface area (Å²) in [5, 5.41) is 9.31. The van der Waals surface area contributed by atoms with E-state index >= 15 is 0 Å². The molecule has 0 aromatic heterocycles. The molecule has 0 aliphatic heterocycles. The van der Waals surface area contributed by atoms with E-state index in [2.05, 4.69) is 134 Å². The third-order valence-electron chi connectivity index (χ3n) is 7.73. The van der Waals surface area contributed by atoms with Crippen LogP contribution in [0, 0.1) is 0 Å². The van der Waals surface area contributed by atoms with E-state index in [1.165, 1.54) is 36.9 Å². The van der Waals surface area contributed by atoms with Gasteiger partial charge in [-0.1, -0.05) is 140 Å². The van der Waals surface area contributed by atoms with Gasteiger partial charge in [-0.05, 0) is 51.7 Å². The fourth-order valence-corrected chi connectivity index (χ4v) is 7.26. The Hall–Kier alpha value is -4.12. The van der Waals surface area contributed by atoms with E-state index in [1.807, 2.05) is 0 Å². The number of hydrogen-bond donors (Lipinski definition) is 0. The molecule has 0 bridgehead atoms. The Morgan fingerprint density at radius 3 is 1.45 bits per heavy atom. The van der Waals surface area contributed by atoms with Crippen molar-refractivity contribution >= 4 is 66.6 Å². The monoisotopic (exact) mass is 582 g/mol. The molecule has 0 atom stereocenters. The first-order valence-corrected chi connectivity index (χ1v) is 16.2. The van der Waals surface area contributed by atoms with E-state index in [1.54, 1.807) is 23.5 Å². The van der Waals surface area contributed by atoms with Crippen molar-refractivity contribution in [3.05, 3.63) is 133 Å². The highest BCUT2D eigenvalue weighted by atomic mass is 32.2. The SMILES string of the molecule is CCc1ccc2c(OCSc3cccc4ccccc34)c3ccccc3c(OCSc3cccc4ccccc34)c2c1. The third-order valence-corrected chi connectivity index (χ3v) is 9.54. The van der Waals surface area contributed by atoms with Crippen molar-refractivity contribution in [2.24, 2.45) is 0 Å². The quantitative estimate of drug-likeness (QED) is 0.0957. The molecule has 0 radical (unpaired) electrons. The lowest BCUT2D eigenvalue weighted by Crippen LogP contribution is -2.00. The fourth-order valence-electron chi connectivity index (χ4n) is 5.62. The van der Waals surface area contributed by atoms with Crippen molar-refractivity contribution in [1.82, 2.24) is 0 Å². The van der Waals surface area contributed by atoms with Crippen molar-refractivity contribution < 1.29 is 9.47 Å². The summed E-state index contributed by atoms with van der Waals surface area (Å²) < 4.78 is 13.3. The van der Waals surface area contributed by atoms with Crippen molar-refractivity contribution in [3.8, 4) is 11.5 Å². The van der Waals surface area contributed by atoms with Gasteiger partial charge >= 0.3 is 0 Å². The lowest BCUT2D eigenvalue weighted by Gasteiger charge is -2.18. The Bertz CT molecular complexity index is 2040. The fraction of sp³-hybridized carbons (Fsp3) is 0.105. The van der Waals surface area contributed by atoms with Crippen LogP contribution in [0.4, 0.5) is 0 Å². The molecule has 0 spiro atoms. The molecule has 7 rings (SSSR count).